The van der Waals surface area contributed by atoms with Crippen LogP contribution in [0.4, 0.5) is 0 Å². The first kappa shape index (κ1) is 13.3. The van der Waals surface area contributed by atoms with Crippen molar-refractivity contribution in [3.63, 3.8) is 0 Å². The molecule has 1 aromatic carbocycles. The number of aliphatic hydroxyl groups is 1. The van der Waals surface area contributed by atoms with Crippen molar-refractivity contribution in [2.24, 2.45) is 5.92 Å². The third-order valence-electron chi connectivity index (χ3n) is 4.11. The van der Waals surface area contributed by atoms with E-state index in [9.17, 15) is 5.11 Å². The molecule has 1 saturated heterocycles. The van der Waals surface area contributed by atoms with Gasteiger partial charge in [0.05, 0.1) is 0 Å². The second-order valence-electron chi connectivity index (χ2n) is 5.42. The Balaban J connectivity index is 1.83. The highest BCUT2D eigenvalue weighted by molar-refractivity contribution is 5.22. The Morgan fingerprint density at radius 3 is 2.70 bits per heavy atom. The molecule has 0 bridgehead atoms. The number of hydrogen-bond acceptors (Lipinski definition) is 3. The first-order chi connectivity index (χ1) is 9.88. The lowest BCUT2D eigenvalue weighted by molar-refractivity contribution is 0.162. The Morgan fingerprint density at radius 1 is 1.15 bits per heavy atom. The molecule has 2 atom stereocenters. The van der Waals surface area contributed by atoms with Gasteiger partial charge in [-0.15, -0.1) is 0 Å². The summed E-state index contributed by atoms with van der Waals surface area (Å²) in [4.78, 5) is 6.64. The maximum atomic E-state index is 9.64. The van der Waals surface area contributed by atoms with Crippen molar-refractivity contribution in [3.05, 3.63) is 66.0 Å². The van der Waals surface area contributed by atoms with Crippen LogP contribution in [0.5, 0.6) is 0 Å². The summed E-state index contributed by atoms with van der Waals surface area (Å²) in [6.07, 6.45) is 4.78. The molecule has 0 unspecified atom stereocenters. The summed E-state index contributed by atoms with van der Waals surface area (Å²) in [6, 6.07) is 14.9. The lowest BCUT2D eigenvalue weighted by atomic mass is 9.94. The summed E-state index contributed by atoms with van der Waals surface area (Å²) < 4.78 is 0. The molecule has 0 saturated carbocycles. The third kappa shape index (κ3) is 2.74. The Morgan fingerprint density at radius 2 is 2.00 bits per heavy atom. The van der Waals surface area contributed by atoms with Gasteiger partial charge in [0.25, 0.3) is 0 Å². The molecular weight excluding hydrogens is 248 g/mol. The summed E-state index contributed by atoms with van der Waals surface area (Å²) in [6.45, 7) is 2.17. The molecule has 2 aromatic rings. The molecule has 1 N–H and O–H groups in total. The van der Waals surface area contributed by atoms with Crippen LogP contribution < -0.4 is 0 Å². The van der Waals surface area contributed by atoms with Crippen LogP contribution in [0.15, 0.2) is 54.9 Å². The van der Waals surface area contributed by atoms with Gasteiger partial charge in [-0.25, -0.2) is 0 Å². The zero-order valence-corrected chi connectivity index (χ0v) is 11.5. The van der Waals surface area contributed by atoms with Gasteiger partial charge in [-0.05, 0) is 30.2 Å². The van der Waals surface area contributed by atoms with Gasteiger partial charge in [-0.1, -0.05) is 36.4 Å². The number of hydrogen-bond donors (Lipinski definition) is 1. The first-order valence-corrected chi connectivity index (χ1v) is 7.17. The summed E-state index contributed by atoms with van der Waals surface area (Å²) in [5.74, 6) is 0.328. The number of aliphatic hydroxyl groups excluding tert-OH is 1. The van der Waals surface area contributed by atoms with E-state index in [2.05, 4.69) is 40.2 Å². The molecule has 0 amide bonds. The quantitative estimate of drug-likeness (QED) is 0.926. The van der Waals surface area contributed by atoms with E-state index in [1.807, 2.05) is 18.3 Å². The zero-order valence-electron chi connectivity index (χ0n) is 11.5. The molecule has 2 heterocycles. The van der Waals surface area contributed by atoms with Gasteiger partial charge in [-0.2, -0.15) is 0 Å². The lowest BCUT2D eigenvalue weighted by Gasteiger charge is -2.28. The van der Waals surface area contributed by atoms with Crippen molar-refractivity contribution in [3.8, 4) is 0 Å². The van der Waals surface area contributed by atoms with E-state index in [4.69, 9.17) is 0 Å². The van der Waals surface area contributed by atoms with Crippen LogP contribution in [-0.2, 0) is 6.54 Å². The number of likely N-dealkylation sites (tertiary alicyclic amines) is 1. The molecule has 3 nitrogen and oxygen atoms in total. The van der Waals surface area contributed by atoms with Crippen LogP contribution in [0.1, 0.15) is 23.6 Å². The van der Waals surface area contributed by atoms with Crippen molar-refractivity contribution in [1.82, 2.24) is 9.88 Å². The SMILES string of the molecule is OC[C@@H]1CCN(Cc2cccnc2)[C@@H]1c1ccccc1. The lowest BCUT2D eigenvalue weighted by Crippen LogP contribution is -2.26. The van der Waals surface area contributed by atoms with E-state index in [0.29, 0.717) is 12.0 Å². The standard InChI is InChI=1S/C17H20N2O/c20-13-16-8-10-19(12-14-5-4-9-18-11-14)17(16)15-6-2-1-3-7-15/h1-7,9,11,16-17,20H,8,10,12-13H2/t16-,17+/m0/s1. The minimum Gasteiger partial charge on any atom is -0.396 e. The fourth-order valence-electron chi connectivity index (χ4n) is 3.15. The van der Waals surface area contributed by atoms with Crippen LogP contribution in [0.2, 0.25) is 0 Å². The maximum absolute atomic E-state index is 9.64. The Kier molecular flexibility index (Phi) is 4.09. The summed E-state index contributed by atoms with van der Waals surface area (Å²) in [5.41, 5.74) is 2.53. The van der Waals surface area contributed by atoms with Crippen LogP contribution in [0, 0.1) is 5.92 Å². The van der Waals surface area contributed by atoms with Crippen LogP contribution in [-0.4, -0.2) is 28.1 Å². The first-order valence-electron chi connectivity index (χ1n) is 7.17. The maximum Gasteiger partial charge on any atom is 0.0478 e. The molecule has 104 valence electrons. The van der Waals surface area contributed by atoms with Crippen LogP contribution >= 0.6 is 0 Å². The molecule has 1 aliphatic heterocycles. The third-order valence-corrected chi connectivity index (χ3v) is 4.11. The summed E-state index contributed by atoms with van der Waals surface area (Å²) >= 11 is 0. The monoisotopic (exact) mass is 268 g/mol. The molecule has 0 radical (unpaired) electrons. The van der Waals surface area contributed by atoms with Crippen molar-refractivity contribution >= 4 is 0 Å². The Hall–Kier alpha value is -1.71. The zero-order chi connectivity index (χ0) is 13.8. The van der Waals surface area contributed by atoms with Crippen LogP contribution in [0.3, 0.4) is 0 Å². The smallest absolute Gasteiger partial charge is 0.0478 e. The van der Waals surface area contributed by atoms with Gasteiger partial charge in [0.2, 0.25) is 0 Å². The predicted octanol–water partition coefficient (Wildman–Crippen LogP) is 2.64. The van der Waals surface area contributed by atoms with Gasteiger partial charge in [0.1, 0.15) is 0 Å². The van der Waals surface area contributed by atoms with Gasteiger partial charge in [-0.3, -0.25) is 9.88 Å². The molecule has 20 heavy (non-hydrogen) atoms. The second-order valence-corrected chi connectivity index (χ2v) is 5.42. The van der Waals surface area contributed by atoms with Crippen molar-refractivity contribution < 1.29 is 5.11 Å². The number of pyridine rings is 1. The molecule has 0 spiro atoms. The van der Waals surface area contributed by atoms with Gasteiger partial charge in [0, 0.05) is 37.5 Å². The normalized spacial score (nSPS) is 23.1. The minimum atomic E-state index is 0.253. The summed E-state index contributed by atoms with van der Waals surface area (Å²) in [5, 5.41) is 9.64. The number of benzene rings is 1. The average molecular weight is 268 g/mol. The number of aromatic nitrogens is 1. The predicted molar refractivity (Wildman–Crippen MR) is 79.0 cm³/mol. The Labute approximate surface area is 119 Å². The highest BCUT2D eigenvalue weighted by Crippen LogP contribution is 2.37. The van der Waals surface area contributed by atoms with Gasteiger partial charge >= 0.3 is 0 Å². The fourth-order valence-corrected chi connectivity index (χ4v) is 3.15. The van der Waals surface area contributed by atoms with E-state index in [1.165, 1.54) is 11.1 Å². The highest BCUT2D eigenvalue weighted by Gasteiger charge is 2.34. The highest BCUT2D eigenvalue weighted by atomic mass is 16.3. The molecule has 0 aliphatic carbocycles. The molecule has 1 aromatic heterocycles. The molecule has 3 rings (SSSR count). The van der Waals surface area contributed by atoms with Crippen LogP contribution in [0.25, 0.3) is 0 Å². The second kappa shape index (κ2) is 6.16. The Bertz CT molecular complexity index is 529. The molecular formula is C17H20N2O. The van der Waals surface area contributed by atoms with E-state index in [-0.39, 0.29) is 6.61 Å². The molecule has 1 fully saturated rings. The van der Waals surface area contributed by atoms with Crippen molar-refractivity contribution in [2.45, 2.75) is 19.0 Å². The van der Waals surface area contributed by atoms with E-state index in [1.54, 1.807) is 6.20 Å². The van der Waals surface area contributed by atoms with E-state index in [0.717, 1.165) is 19.5 Å². The van der Waals surface area contributed by atoms with E-state index < -0.39 is 0 Å². The van der Waals surface area contributed by atoms with Gasteiger partial charge < -0.3 is 5.11 Å². The fraction of sp³-hybridized carbons (Fsp3) is 0.353. The molecule has 1 aliphatic rings. The van der Waals surface area contributed by atoms with Crippen molar-refractivity contribution in [1.29, 1.82) is 0 Å². The number of nitrogens with zero attached hydrogens (tertiary/aromatic N) is 2. The minimum absolute atomic E-state index is 0.253. The topological polar surface area (TPSA) is 36.4 Å². The largest absolute Gasteiger partial charge is 0.396 e. The molecule has 3 heteroatoms. The summed E-state index contributed by atoms with van der Waals surface area (Å²) in [7, 11) is 0. The number of rotatable bonds is 4. The van der Waals surface area contributed by atoms with Crippen molar-refractivity contribution in [2.75, 3.05) is 13.2 Å². The van der Waals surface area contributed by atoms with Gasteiger partial charge in [0.15, 0.2) is 0 Å². The van der Waals surface area contributed by atoms with E-state index >= 15 is 0 Å². The average Bonchev–Trinajstić information content (AvgIpc) is 2.92.